The van der Waals surface area contributed by atoms with E-state index < -0.39 is 0 Å². The molecule has 0 radical (unpaired) electrons. The first kappa shape index (κ1) is 12.3. The first-order chi connectivity index (χ1) is 5.48. The molecular formula is C10H22OS. The Hall–Kier alpha value is 0.310. The van der Waals surface area contributed by atoms with Crippen LogP contribution >= 0.6 is 12.6 Å². The van der Waals surface area contributed by atoms with Gasteiger partial charge in [0.15, 0.2) is 0 Å². The van der Waals surface area contributed by atoms with Gasteiger partial charge in [0.1, 0.15) is 0 Å². The Morgan fingerprint density at radius 3 is 2.17 bits per heavy atom. The average Bonchev–Trinajstić information content (AvgIpc) is 1.96. The molecule has 0 saturated carbocycles. The molecule has 0 fully saturated rings. The summed E-state index contributed by atoms with van der Waals surface area (Å²) in [5.74, 6) is 0.964. The van der Waals surface area contributed by atoms with Gasteiger partial charge in [0, 0.05) is 0 Å². The number of hydrogen-bond acceptors (Lipinski definition) is 2. The minimum absolute atomic E-state index is 0.0426. The van der Waals surface area contributed by atoms with Crippen molar-refractivity contribution in [2.45, 2.75) is 52.6 Å². The zero-order valence-electron chi connectivity index (χ0n) is 8.51. The van der Waals surface area contributed by atoms with Crippen molar-refractivity contribution < 1.29 is 5.11 Å². The van der Waals surface area contributed by atoms with Crippen LogP contribution in [0.2, 0.25) is 0 Å². The lowest BCUT2D eigenvalue weighted by Crippen LogP contribution is -2.25. The Labute approximate surface area is 82.0 Å². The van der Waals surface area contributed by atoms with E-state index in [1.807, 2.05) is 0 Å². The highest BCUT2D eigenvalue weighted by atomic mass is 32.1. The molecule has 0 spiro atoms. The van der Waals surface area contributed by atoms with Gasteiger partial charge in [-0.25, -0.2) is 0 Å². The lowest BCUT2D eigenvalue weighted by molar-refractivity contribution is 0.0535. The Kier molecular flexibility index (Phi) is 6.02. The monoisotopic (exact) mass is 190 g/mol. The minimum atomic E-state index is -0.155. The number of rotatable bonds is 5. The zero-order chi connectivity index (χ0) is 9.61. The van der Waals surface area contributed by atoms with Gasteiger partial charge >= 0.3 is 0 Å². The van der Waals surface area contributed by atoms with E-state index in [0.29, 0.717) is 0 Å². The van der Waals surface area contributed by atoms with Gasteiger partial charge in [-0.15, -0.1) is 0 Å². The van der Waals surface area contributed by atoms with Crippen LogP contribution in [0, 0.1) is 5.41 Å². The average molecular weight is 190 g/mol. The Bertz CT molecular complexity index is 107. The molecule has 1 unspecified atom stereocenters. The van der Waals surface area contributed by atoms with Crippen LogP contribution in [0.15, 0.2) is 0 Å². The van der Waals surface area contributed by atoms with E-state index in [1.54, 1.807) is 0 Å². The Balaban J connectivity index is 3.38. The smallest absolute Gasteiger partial charge is 0.0588 e. The van der Waals surface area contributed by atoms with Gasteiger partial charge in [-0.3, -0.25) is 0 Å². The quantitative estimate of drug-likeness (QED) is 0.504. The highest BCUT2D eigenvalue weighted by molar-refractivity contribution is 7.80. The molecule has 2 heteroatoms. The second kappa shape index (κ2) is 5.87. The molecule has 74 valence electrons. The summed E-state index contributed by atoms with van der Waals surface area (Å²) < 4.78 is 0. The van der Waals surface area contributed by atoms with Crippen molar-refractivity contribution in [3.05, 3.63) is 0 Å². The molecule has 0 heterocycles. The molecule has 0 amide bonds. The van der Waals surface area contributed by atoms with Gasteiger partial charge in [-0.05, 0) is 24.0 Å². The van der Waals surface area contributed by atoms with Gasteiger partial charge in [0.05, 0.1) is 6.10 Å². The van der Waals surface area contributed by atoms with Gasteiger partial charge in [0.25, 0.3) is 0 Å². The van der Waals surface area contributed by atoms with Crippen LogP contribution < -0.4 is 0 Å². The van der Waals surface area contributed by atoms with E-state index >= 15 is 0 Å². The van der Waals surface area contributed by atoms with E-state index in [-0.39, 0.29) is 11.5 Å². The summed E-state index contributed by atoms with van der Waals surface area (Å²) in [6.07, 6.45) is 4.25. The molecule has 1 N–H and O–H groups in total. The number of thiol groups is 1. The lowest BCUT2D eigenvalue weighted by Gasteiger charge is -2.25. The fourth-order valence-electron chi connectivity index (χ4n) is 1.06. The fraction of sp³-hybridized carbons (Fsp3) is 1.00. The maximum absolute atomic E-state index is 9.67. The molecule has 0 aromatic carbocycles. The number of unbranched alkanes of at least 4 members (excludes halogenated alkanes) is 2. The molecule has 0 aliphatic rings. The third-order valence-corrected chi connectivity index (χ3v) is 2.45. The standard InChI is InChI=1S/C10H22OS/c1-10(2,3)9(11)7-5-4-6-8-12/h9,11-12H,4-8H2,1-3H3. The first-order valence-electron chi connectivity index (χ1n) is 4.77. The van der Waals surface area contributed by atoms with Gasteiger partial charge < -0.3 is 5.11 Å². The molecular weight excluding hydrogens is 168 g/mol. The maximum Gasteiger partial charge on any atom is 0.0588 e. The summed E-state index contributed by atoms with van der Waals surface area (Å²) in [5.41, 5.74) is 0.0426. The Morgan fingerprint density at radius 2 is 1.75 bits per heavy atom. The minimum Gasteiger partial charge on any atom is -0.393 e. The van der Waals surface area contributed by atoms with Crippen LogP contribution in [0.5, 0.6) is 0 Å². The Morgan fingerprint density at radius 1 is 1.17 bits per heavy atom. The molecule has 0 aliphatic heterocycles. The highest BCUT2D eigenvalue weighted by Crippen LogP contribution is 2.23. The number of aliphatic hydroxyl groups is 1. The molecule has 1 nitrogen and oxygen atoms in total. The molecule has 0 saturated heterocycles. The fourth-order valence-corrected chi connectivity index (χ4v) is 1.28. The second-order valence-corrected chi connectivity index (χ2v) is 4.90. The van der Waals surface area contributed by atoms with Crippen LogP contribution in [0.4, 0.5) is 0 Å². The van der Waals surface area contributed by atoms with Crippen molar-refractivity contribution in [2.24, 2.45) is 5.41 Å². The highest BCUT2D eigenvalue weighted by Gasteiger charge is 2.20. The second-order valence-electron chi connectivity index (χ2n) is 4.45. The summed E-state index contributed by atoms with van der Waals surface area (Å²) in [6.45, 7) is 6.24. The van der Waals surface area contributed by atoms with Gasteiger partial charge in [0.2, 0.25) is 0 Å². The van der Waals surface area contributed by atoms with Crippen molar-refractivity contribution in [3.8, 4) is 0 Å². The zero-order valence-corrected chi connectivity index (χ0v) is 9.40. The van der Waals surface area contributed by atoms with Crippen LogP contribution in [-0.2, 0) is 0 Å². The summed E-state index contributed by atoms with van der Waals surface area (Å²) in [6, 6.07) is 0. The van der Waals surface area contributed by atoms with Crippen LogP contribution in [-0.4, -0.2) is 17.0 Å². The SMILES string of the molecule is CC(C)(C)C(O)CCCCCS. The van der Waals surface area contributed by atoms with Crippen LogP contribution in [0.25, 0.3) is 0 Å². The molecule has 12 heavy (non-hydrogen) atoms. The van der Waals surface area contributed by atoms with Crippen molar-refractivity contribution in [2.75, 3.05) is 5.75 Å². The van der Waals surface area contributed by atoms with Crippen molar-refractivity contribution in [1.82, 2.24) is 0 Å². The van der Waals surface area contributed by atoms with E-state index in [2.05, 4.69) is 33.4 Å². The summed E-state index contributed by atoms with van der Waals surface area (Å²) in [4.78, 5) is 0. The number of hydrogen-bond donors (Lipinski definition) is 2. The van der Waals surface area contributed by atoms with Crippen molar-refractivity contribution >= 4 is 12.6 Å². The lowest BCUT2D eigenvalue weighted by atomic mass is 9.86. The molecule has 0 aliphatic carbocycles. The molecule has 1 atom stereocenters. The topological polar surface area (TPSA) is 20.2 Å². The predicted molar refractivity (Wildman–Crippen MR) is 57.8 cm³/mol. The normalized spacial score (nSPS) is 14.8. The maximum atomic E-state index is 9.67. The summed E-state index contributed by atoms with van der Waals surface area (Å²) >= 11 is 4.14. The molecule has 0 bridgehead atoms. The molecule has 0 rings (SSSR count). The van der Waals surface area contributed by atoms with Gasteiger partial charge in [-0.1, -0.05) is 33.6 Å². The third kappa shape index (κ3) is 5.90. The third-order valence-electron chi connectivity index (χ3n) is 2.14. The molecule has 0 aromatic heterocycles. The van der Waals surface area contributed by atoms with Crippen LogP contribution in [0.3, 0.4) is 0 Å². The number of aliphatic hydroxyl groups excluding tert-OH is 1. The van der Waals surface area contributed by atoms with Gasteiger partial charge in [-0.2, -0.15) is 12.6 Å². The largest absolute Gasteiger partial charge is 0.393 e. The van der Waals surface area contributed by atoms with Crippen LogP contribution in [0.1, 0.15) is 46.5 Å². The molecule has 0 aromatic rings. The first-order valence-corrected chi connectivity index (χ1v) is 5.40. The van der Waals surface area contributed by atoms with E-state index in [1.165, 1.54) is 12.8 Å². The van der Waals surface area contributed by atoms with E-state index in [4.69, 9.17) is 0 Å². The van der Waals surface area contributed by atoms with Crippen molar-refractivity contribution in [1.29, 1.82) is 0 Å². The van der Waals surface area contributed by atoms with E-state index in [0.717, 1.165) is 18.6 Å². The summed E-state index contributed by atoms with van der Waals surface area (Å²) in [5, 5.41) is 9.67. The van der Waals surface area contributed by atoms with E-state index in [9.17, 15) is 5.11 Å². The predicted octanol–water partition coefficient (Wildman–Crippen LogP) is 2.88. The summed E-state index contributed by atoms with van der Waals surface area (Å²) in [7, 11) is 0. The van der Waals surface area contributed by atoms with Crippen molar-refractivity contribution in [3.63, 3.8) is 0 Å².